The zero-order valence-corrected chi connectivity index (χ0v) is 7.39. The first-order chi connectivity index (χ1) is 5.70. The van der Waals surface area contributed by atoms with Crippen LogP contribution in [0.1, 0.15) is 12.0 Å². The molecule has 0 unspecified atom stereocenters. The maximum atomic E-state index is 11.4. The predicted molar refractivity (Wildman–Crippen MR) is 45.7 cm³/mol. The first kappa shape index (κ1) is 7.80. The molecule has 1 aliphatic rings. The summed E-state index contributed by atoms with van der Waals surface area (Å²) in [4.78, 5) is 0.413. The summed E-state index contributed by atoms with van der Waals surface area (Å²) in [6, 6.07) is 8.14. The highest BCUT2D eigenvalue weighted by Crippen LogP contribution is 2.23. The predicted octanol–water partition coefficient (Wildman–Crippen LogP) is 1.21. The first-order valence-corrected chi connectivity index (χ1v) is 5.58. The minimum absolute atomic E-state index is 0.278. The van der Waals surface area contributed by atoms with E-state index in [1.165, 1.54) is 0 Å². The lowest BCUT2D eigenvalue weighted by Crippen LogP contribution is -2.15. The summed E-state index contributed by atoms with van der Waals surface area (Å²) in [5.41, 5.74) is 0.920. The molecule has 1 aliphatic heterocycles. The lowest BCUT2D eigenvalue weighted by atomic mass is 10.1. The fraction of sp³-hybridized carbons (Fsp3) is 0.333. The van der Waals surface area contributed by atoms with Crippen molar-refractivity contribution >= 4 is 9.84 Å². The standard InChI is InChI=1S/C9H9O2S/c10-12(11)7-3-5-8-4-1-2-6-9(8)12/h1-2,4H,3,5,7H2. The van der Waals surface area contributed by atoms with E-state index < -0.39 is 9.84 Å². The Morgan fingerprint density at radius 3 is 3.00 bits per heavy atom. The van der Waals surface area contributed by atoms with Gasteiger partial charge in [-0.2, -0.15) is 0 Å². The molecular weight excluding hydrogens is 172 g/mol. The lowest BCUT2D eigenvalue weighted by molar-refractivity contribution is 0.586. The van der Waals surface area contributed by atoms with Gasteiger partial charge >= 0.3 is 0 Å². The van der Waals surface area contributed by atoms with Crippen molar-refractivity contribution in [2.24, 2.45) is 0 Å². The number of benzene rings is 1. The van der Waals surface area contributed by atoms with Crippen molar-refractivity contribution in [3.63, 3.8) is 0 Å². The fourth-order valence-electron chi connectivity index (χ4n) is 1.50. The maximum absolute atomic E-state index is 11.4. The van der Waals surface area contributed by atoms with Gasteiger partial charge < -0.3 is 0 Å². The van der Waals surface area contributed by atoms with Gasteiger partial charge in [0.25, 0.3) is 0 Å². The van der Waals surface area contributed by atoms with Crippen LogP contribution >= 0.6 is 0 Å². The quantitative estimate of drug-likeness (QED) is 0.602. The molecule has 63 valence electrons. The monoisotopic (exact) mass is 181 g/mol. The SMILES string of the molecule is O=S1(=O)CCCc2ccc[c]c21. The second-order valence-electron chi connectivity index (χ2n) is 2.95. The van der Waals surface area contributed by atoms with Crippen LogP contribution in [0.2, 0.25) is 0 Å². The first-order valence-electron chi connectivity index (χ1n) is 3.92. The number of aryl methyl sites for hydroxylation is 1. The second-order valence-corrected chi connectivity index (χ2v) is 4.99. The maximum Gasteiger partial charge on any atom is 0.179 e. The van der Waals surface area contributed by atoms with E-state index in [2.05, 4.69) is 6.07 Å². The average Bonchev–Trinajstić information content (AvgIpc) is 2.04. The van der Waals surface area contributed by atoms with E-state index in [0.717, 1.165) is 18.4 Å². The van der Waals surface area contributed by atoms with Gasteiger partial charge in [-0.05, 0) is 18.4 Å². The largest absolute Gasteiger partial charge is 0.224 e. The molecule has 0 fully saturated rings. The van der Waals surface area contributed by atoms with Crippen LogP contribution in [-0.4, -0.2) is 14.2 Å². The molecule has 0 spiro atoms. The highest BCUT2D eigenvalue weighted by Gasteiger charge is 2.22. The molecule has 0 bridgehead atoms. The third-order valence-corrected chi connectivity index (χ3v) is 3.90. The van der Waals surface area contributed by atoms with Gasteiger partial charge in [-0.15, -0.1) is 0 Å². The number of hydrogen-bond acceptors (Lipinski definition) is 2. The van der Waals surface area contributed by atoms with Crippen LogP contribution in [0.3, 0.4) is 0 Å². The number of hydrogen-bond donors (Lipinski definition) is 0. The molecular formula is C9H9O2S. The summed E-state index contributed by atoms with van der Waals surface area (Å²) in [6.45, 7) is 0. The second kappa shape index (κ2) is 2.59. The highest BCUT2D eigenvalue weighted by atomic mass is 32.2. The number of rotatable bonds is 0. The summed E-state index contributed by atoms with van der Waals surface area (Å²) in [7, 11) is -3.00. The van der Waals surface area contributed by atoms with Crippen LogP contribution in [0, 0.1) is 6.07 Å². The molecule has 1 radical (unpaired) electrons. The van der Waals surface area contributed by atoms with Gasteiger partial charge in [0.15, 0.2) is 9.84 Å². The van der Waals surface area contributed by atoms with Gasteiger partial charge in [0.1, 0.15) is 0 Å². The van der Waals surface area contributed by atoms with Crippen molar-refractivity contribution in [2.45, 2.75) is 17.7 Å². The number of fused-ring (bicyclic) bond motifs is 1. The Bertz CT molecular complexity index is 393. The van der Waals surface area contributed by atoms with Gasteiger partial charge in [0, 0.05) is 6.07 Å². The van der Waals surface area contributed by atoms with E-state index in [-0.39, 0.29) is 5.75 Å². The summed E-state index contributed by atoms with van der Waals surface area (Å²) in [5, 5.41) is 0. The highest BCUT2D eigenvalue weighted by molar-refractivity contribution is 7.91. The summed E-state index contributed by atoms with van der Waals surface area (Å²) in [6.07, 6.45) is 1.61. The van der Waals surface area contributed by atoms with E-state index in [9.17, 15) is 8.42 Å². The molecule has 0 amide bonds. The van der Waals surface area contributed by atoms with Crippen molar-refractivity contribution in [3.05, 3.63) is 29.8 Å². The Hall–Kier alpha value is -0.830. The van der Waals surface area contributed by atoms with Crippen LogP contribution in [-0.2, 0) is 16.3 Å². The third-order valence-electron chi connectivity index (χ3n) is 2.07. The summed E-state index contributed by atoms with van der Waals surface area (Å²) >= 11 is 0. The van der Waals surface area contributed by atoms with Gasteiger partial charge in [-0.25, -0.2) is 8.42 Å². The Kier molecular flexibility index (Phi) is 1.68. The molecule has 1 aromatic carbocycles. The molecule has 0 aliphatic carbocycles. The van der Waals surface area contributed by atoms with Crippen molar-refractivity contribution in [3.8, 4) is 0 Å². The zero-order valence-electron chi connectivity index (χ0n) is 6.58. The normalized spacial score (nSPS) is 20.0. The molecule has 0 atom stereocenters. The van der Waals surface area contributed by atoms with Crippen LogP contribution in [0.25, 0.3) is 0 Å². The van der Waals surface area contributed by atoms with E-state index in [1.807, 2.05) is 12.1 Å². The molecule has 3 heteroatoms. The molecule has 0 N–H and O–H groups in total. The summed E-state index contributed by atoms with van der Waals surface area (Å²) in [5.74, 6) is 0.278. The molecule has 1 aromatic rings. The summed E-state index contributed by atoms with van der Waals surface area (Å²) < 4.78 is 22.9. The molecule has 1 heterocycles. The van der Waals surface area contributed by atoms with E-state index in [0.29, 0.717) is 4.90 Å². The topological polar surface area (TPSA) is 34.1 Å². The number of sulfone groups is 1. The Labute approximate surface area is 72.1 Å². The fourth-order valence-corrected chi connectivity index (χ4v) is 3.04. The van der Waals surface area contributed by atoms with E-state index in [4.69, 9.17) is 0 Å². The molecule has 0 saturated carbocycles. The molecule has 2 nitrogen and oxygen atoms in total. The molecule has 12 heavy (non-hydrogen) atoms. The van der Waals surface area contributed by atoms with Crippen molar-refractivity contribution in [1.82, 2.24) is 0 Å². The molecule has 0 saturated heterocycles. The van der Waals surface area contributed by atoms with Gasteiger partial charge in [-0.1, -0.05) is 18.2 Å². The van der Waals surface area contributed by atoms with Gasteiger partial charge in [0.05, 0.1) is 10.6 Å². The minimum atomic E-state index is -3.00. The van der Waals surface area contributed by atoms with Gasteiger partial charge in [-0.3, -0.25) is 0 Å². The Morgan fingerprint density at radius 2 is 2.25 bits per heavy atom. The lowest BCUT2D eigenvalue weighted by Gasteiger charge is -2.14. The van der Waals surface area contributed by atoms with Crippen LogP contribution in [0.15, 0.2) is 23.1 Å². The van der Waals surface area contributed by atoms with Crippen molar-refractivity contribution < 1.29 is 8.42 Å². The molecule has 0 aromatic heterocycles. The third kappa shape index (κ3) is 1.14. The average molecular weight is 181 g/mol. The van der Waals surface area contributed by atoms with E-state index in [1.54, 1.807) is 6.07 Å². The Morgan fingerprint density at radius 1 is 1.42 bits per heavy atom. The van der Waals surface area contributed by atoms with Crippen LogP contribution in [0.4, 0.5) is 0 Å². The zero-order chi connectivity index (χ0) is 8.60. The van der Waals surface area contributed by atoms with E-state index >= 15 is 0 Å². The smallest absolute Gasteiger partial charge is 0.179 e. The van der Waals surface area contributed by atoms with Crippen molar-refractivity contribution in [1.29, 1.82) is 0 Å². The van der Waals surface area contributed by atoms with Crippen LogP contribution in [0.5, 0.6) is 0 Å². The minimum Gasteiger partial charge on any atom is -0.224 e. The van der Waals surface area contributed by atoms with Crippen molar-refractivity contribution in [2.75, 3.05) is 5.75 Å². The Balaban J connectivity index is 2.67. The van der Waals surface area contributed by atoms with Gasteiger partial charge in [0.2, 0.25) is 0 Å². The molecule has 2 rings (SSSR count). The van der Waals surface area contributed by atoms with Crippen LogP contribution < -0.4 is 0 Å².